The molecule has 4 heteroatoms. The summed E-state index contributed by atoms with van der Waals surface area (Å²) >= 11 is 0. The fourth-order valence-corrected chi connectivity index (χ4v) is 2.43. The van der Waals surface area contributed by atoms with Crippen molar-refractivity contribution in [3.63, 3.8) is 0 Å². The number of ether oxygens (including phenoxy) is 1. The quantitative estimate of drug-likeness (QED) is 0.825. The van der Waals surface area contributed by atoms with Gasteiger partial charge in [-0.3, -0.25) is 0 Å². The number of anilines is 1. The number of nitrogen functional groups attached to an aromatic ring is 1. The van der Waals surface area contributed by atoms with E-state index in [0.29, 0.717) is 24.9 Å². The van der Waals surface area contributed by atoms with Gasteiger partial charge < -0.3 is 15.0 Å². The predicted octanol–water partition coefficient (Wildman–Crippen LogP) is 3.59. The molecule has 0 unspecified atom stereocenters. The Balaban J connectivity index is 2.51. The first-order chi connectivity index (χ1) is 10.1. The summed E-state index contributed by atoms with van der Waals surface area (Å²) in [5, 5.41) is 0. The molecule has 0 bridgehead atoms. The molecule has 4 nitrogen and oxygen atoms in total. The molecule has 0 amide bonds. The highest BCUT2D eigenvalue weighted by atomic mass is 16.5. The molecule has 0 saturated heterocycles. The Morgan fingerprint density at radius 2 is 2.19 bits per heavy atom. The molecule has 1 heterocycles. The van der Waals surface area contributed by atoms with Crippen molar-refractivity contribution in [3.05, 3.63) is 48.3 Å². The van der Waals surface area contributed by atoms with Gasteiger partial charge in [0, 0.05) is 25.1 Å². The lowest BCUT2D eigenvalue weighted by Gasteiger charge is -2.09. The molecule has 0 fully saturated rings. The van der Waals surface area contributed by atoms with Gasteiger partial charge in [-0.25, -0.2) is 4.98 Å². The first-order valence-corrected chi connectivity index (χ1v) is 7.13. The maximum Gasteiger partial charge on any atom is 0.132 e. The van der Waals surface area contributed by atoms with Crippen LogP contribution in [0.2, 0.25) is 0 Å². The van der Waals surface area contributed by atoms with Gasteiger partial charge in [0.2, 0.25) is 0 Å². The van der Waals surface area contributed by atoms with Gasteiger partial charge in [0.25, 0.3) is 0 Å². The van der Waals surface area contributed by atoms with E-state index in [4.69, 9.17) is 15.5 Å². The second-order valence-corrected chi connectivity index (χ2v) is 5.39. The minimum absolute atomic E-state index is 0.308. The lowest BCUT2D eigenvalue weighted by atomic mass is 10.1. The zero-order valence-corrected chi connectivity index (χ0v) is 13.0. The van der Waals surface area contributed by atoms with E-state index in [0.717, 1.165) is 22.6 Å². The molecule has 0 aliphatic rings. The fourth-order valence-electron chi connectivity index (χ4n) is 2.43. The van der Waals surface area contributed by atoms with Crippen LogP contribution in [-0.2, 0) is 17.9 Å². The topological polar surface area (TPSA) is 53.1 Å². The number of nitrogens with two attached hydrogens (primary N) is 1. The molecule has 0 spiro atoms. The largest absolute Gasteiger partial charge is 0.383 e. The highest BCUT2D eigenvalue weighted by Crippen LogP contribution is 2.30. The summed E-state index contributed by atoms with van der Waals surface area (Å²) in [5.74, 6) is 1.98. The monoisotopic (exact) mass is 285 g/mol. The summed E-state index contributed by atoms with van der Waals surface area (Å²) in [6.45, 7) is 9.28. The zero-order valence-electron chi connectivity index (χ0n) is 13.0. The number of methoxy groups -OCH3 is 1. The molecule has 0 aliphatic heterocycles. The molecule has 112 valence electrons. The van der Waals surface area contributed by atoms with Gasteiger partial charge in [0.15, 0.2) is 0 Å². The zero-order chi connectivity index (χ0) is 15.4. The van der Waals surface area contributed by atoms with Crippen LogP contribution in [0.3, 0.4) is 0 Å². The number of nitrogens with zero attached hydrogens (tertiary/aromatic N) is 2. The number of rotatable bonds is 6. The molecule has 1 aromatic heterocycles. The van der Waals surface area contributed by atoms with Crippen molar-refractivity contribution in [2.24, 2.45) is 0 Å². The van der Waals surface area contributed by atoms with Crippen molar-refractivity contribution < 1.29 is 4.74 Å². The molecule has 2 N–H and O–H groups in total. The SMILES string of the molecule is C=CCn1c(C(C)C)nc(-c2cccc(COC)c2)c1N. The molecule has 2 aromatic rings. The van der Waals surface area contributed by atoms with Crippen LogP contribution < -0.4 is 5.73 Å². The van der Waals surface area contributed by atoms with Crippen molar-refractivity contribution in [1.29, 1.82) is 0 Å². The number of allylic oxidation sites excluding steroid dienone is 1. The van der Waals surface area contributed by atoms with E-state index in [1.165, 1.54) is 0 Å². The predicted molar refractivity (Wildman–Crippen MR) is 87.1 cm³/mol. The van der Waals surface area contributed by atoms with Gasteiger partial charge in [-0.1, -0.05) is 38.1 Å². The van der Waals surface area contributed by atoms with Gasteiger partial charge in [-0.15, -0.1) is 6.58 Å². The van der Waals surface area contributed by atoms with Crippen LogP contribution in [0.15, 0.2) is 36.9 Å². The Labute approximate surface area is 126 Å². The maximum atomic E-state index is 6.31. The second-order valence-electron chi connectivity index (χ2n) is 5.39. The summed E-state index contributed by atoms with van der Waals surface area (Å²) in [5.41, 5.74) is 9.27. The number of hydrogen-bond acceptors (Lipinski definition) is 3. The Hall–Kier alpha value is -2.07. The summed E-state index contributed by atoms with van der Waals surface area (Å²) in [6.07, 6.45) is 1.84. The van der Waals surface area contributed by atoms with Gasteiger partial charge in [-0.05, 0) is 11.6 Å². The van der Waals surface area contributed by atoms with Crippen LogP contribution in [0.1, 0.15) is 31.2 Å². The Morgan fingerprint density at radius 1 is 1.43 bits per heavy atom. The highest BCUT2D eigenvalue weighted by molar-refractivity contribution is 5.71. The van der Waals surface area contributed by atoms with E-state index >= 15 is 0 Å². The summed E-state index contributed by atoms with van der Waals surface area (Å²) in [4.78, 5) is 4.75. The minimum Gasteiger partial charge on any atom is -0.383 e. The Bertz CT molecular complexity index is 629. The lowest BCUT2D eigenvalue weighted by molar-refractivity contribution is 0.185. The Morgan fingerprint density at radius 3 is 2.81 bits per heavy atom. The summed E-state index contributed by atoms with van der Waals surface area (Å²) in [7, 11) is 1.69. The van der Waals surface area contributed by atoms with Crippen LogP contribution in [0.5, 0.6) is 0 Å². The normalized spacial score (nSPS) is 11.0. The van der Waals surface area contributed by atoms with Crippen molar-refractivity contribution in [2.45, 2.75) is 32.9 Å². The number of imidazole rings is 1. The van der Waals surface area contributed by atoms with Gasteiger partial charge in [0.1, 0.15) is 17.3 Å². The molecule has 0 radical (unpaired) electrons. The van der Waals surface area contributed by atoms with Crippen molar-refractivity contribution in [3.8, 4) is 11.3 Å². The van der Waals surface area contributed by atoms with Crippen LogP contribution in [0.4, 0.5) is 5.82 Å². The molecule has 0 saturated carbocycles. The molecular weight excluding hydrogens is 262 g/mol. The molecule has 21 heavy (non-hydrogen) atoms. The third kappa shape index (κ3) is 3.16. The van der Waals surface area contributed by atoms with E-state index < -0.39 is 0 Å². The minimum atomic E-state index is 0.308. The molecule has 2 rings (SSSR count). The first kappa shape index (κ1) is 15.3. The van der Waals surface area contributed by atoms with E-state index in [2.05, 4.69) is 26.5 Å². The number of hydrogen-bond donors (Lipinski definition) is 1. The van der Waals surface area contributed by atoms with Crippen LogP contribution >= 0.6 is 0 Å². The second kappa shape index (κ2) is 6.59. The van der Waals surface area contributed by atoms with E-state index in [9.17, 15) is 0 Å². The number of benzene rings is 1. The average Bonchev–Trinajstić information content (AvgIpc) is 2.78. The molecule has 0 atom stereocenters. The standard InChI is InChI=1S/C17H23N3O/c1-5-9-20-16(18)15(19-17(20)12(2)3)14-8-6-7-13(10-14)11-21-4/h5-8,10,12H,1,9,11,18H2,2-4H3. The number of aromatic nitrogens is 2. The smallest absolute Gasteiger partial charge is 0.132 e. The maximum absolute atomic E-state index is 6.31. The van der Waals surface area contributed by atoms with Gasteiger partial charge in [0.05, 0.1) is 6.61 Å². The summed E-state index contributed by atoms with van der Waals surface area (Å²) < 4.78 is 7.21. The fraction of sp³-hybridized carbons (Fsp3) is 0.353. The third-order valence-corrected chi connectivity index (χ3v) is 3.38. The molecular formula is C17H23N3O. The van der Waals surface area contributed by atoms with Crippen LogP contribution in [-0.4, -0.2) is 16.7 Å². The first-order valence-electron chi connectivity index (χ1n) is 7.13. The van der Waals surface area contributed by atoms with Crippen molar-refractivity contribution in [1.82, 2.24) is 9.55 Å². The third-order valence-electron chi connectivity index (χ3n) is 3.38. The van der Waals surface area contributed by atoms with E-state index in [1.54, 1.807) is 7.11 Å². The highest BCUT2D eigenvalue weighted by Gasteiger charge is 2.17. The Kier molecular flexibility index (Phi) is 4.81. The van der Waals surface area contributed by atoms with Crippen LogP contribution in [0, 0.1) is 0 Å². The van der Waals surface area contributed by atoms with Crippen LogP contribution in [0.25, 0.3) is 11.3 Å². The average molecular weight is 285 g/mol. The molecule has 1 aromatic carbocycles. The van der Waals surface area contributed by atoms with E-state index in [-0.39, 0.29) is 0 Å². The summed E-state index contributed by atoms with van der Waals surface area (Å²) in [6, 6.07) is 8.14. The van der Waals surface area contributed by atoms with Gasteiger partial charge in [-0.2, -0.15) is 0 Å². The van der Waals surface area contributed by atoms with Gasteiger partial charge >= 0.3 is 0 Å². The van der Waals surface area contributed by atoms with E-state index in [1.807, 2.05) is 28.8 Å². The van der Waals surface area contributed by atoms with Crippen molar-refractivity contribution in [2.75, 3.05) is 12.8 Å². The molecule has 0 aliphatic carbocycles. The lowest BCUT2D eigenvalue weighted by Crippen LogP contribution is -2.07. The van der Waals surface area contributed by atoms with Crippen molar-refractivity contribution >= 4 is 5.82 Å².